The van der Waals surface area contributed by atoms with Crippen LogP contribution >= 0.6 is 0 Å². The molecule has 2 atom stereocenters. The van der Waals surface area contributed by atoms with Crippen LogP contribution in [0.25, 0.3) is 0 Å². The van der Waals surface area contributed by atoms with Gasteiger partial charge in [-0.25, -0.2) is 0 Å². The summed E-state index contributed by atoms with van der Waals surface area (Å²) in [5.41, 5.74) is 1.37. The van der Waals surface area contributed by atoms with E-state index in [1.165, 1.54) is 44.1 Å². The lowest BCUT2D eigenvalue weighted by Crippen LogP contribution is -2.35. The van der Waals surface area contributed by atoms with Crippen molar-refractivity contribution in [3.05, 3.63) is 11.6 Å². The highest BCUT2D eigenvalue weighted by atomic mass is 16.5. The van der Waals surface area contributed by atoms with Crippen LogP contribution in [0.1, 0.15) is 85.0 Å². The number of nitrogens with one attached hydrogen (secondary N) is 1. The molecule has 3 heteroatoms. The standard InChI is InChI=1S/C21H39NO2/c1-5-18(12-10-9-11-17(2)3)15-21(23)22-16-20(24-4)19-13-7-6-8-14-19/h13,17-18,20H,5-12,14-16H2,1-4H3,(H,22,23)/t18?,20-/m0/s1. The van der Waals surface area contributed by atoms with Crippen LogP contribution in [0.5, 0.6) is 0 Å². The molecule has 0 aromatic carbocycles. The number of methoxy groups -OCH3 is 1. The minimum Gasteiger partial charge on any atom is -0.375 e. The summed E-state index contributed by atoms with van der Waals surface area (Å²) >= 11 is 0. The van der Waals surface area contributed by atoms with E-state index in [1.807, 2.05) is 0 Å². The third-order valence-electron chi connectivity index (χ3n) is 5.20. The summed E-state index contributed by atoms with van der Waals surface area (Å²) in [6.45, 7) is 7.37. The molecule has 1 aliphatic carbocycles. The molecule has 0 saturated heterocycles. The van der Waals surface area contributed by atoms with Crippen molar-refractivity contribution in [3.63, 3.8) is 0 Å². The van der Waals surface area contributed by atoms with Gasteiger partial charge in [-0.3, -0.25) is 4.79 Å². The van der Waals surface area contributed by atoms with E-state index in [1.54, 1.807) is 7.11 Å². The van der Waals surface area contributed by atoms with Gasteiger partial charge in [0.05, 0.1) is 6.10 Å². The first-order valence-corrected chi connectivity index (χ1v) is 10.0. The molecular formula is C21H39NO2. The summed E-state index contributed by atoms with van der Waals surface area (Å²) < 4.78 is 5.59. The normalized spacial score (nSPS) is 17.5. The predicted molar refractivity (Wildman–Crippen MR) is 102 cm³/mol. The highest BCUT2D eigenvalue weighted by molar-refractivity contribution is 5.76. The average molecular weight is 338 g/mol. The van der Waals surface area contributed by atoms with Crippen LogP contribution in [0.15, 0.2) is 11.6 Å². The van der Waals surface area contributed by atoms with Crippen LogP contribution in [0.3, 0.4) is 0 Å². The lowest BCUT2D eigenvalue weighted by molar-refractivity contribution is -0.122. The van der Waals surface area contributed by atoms with E-state index < -0.39 is 0 Å². The van der Waals surface area contributed by atoms with E-state index in [-0.39, 0.29) is 12.0 Å². The topological polar surface area (TPSA) is 38.3 Å². The highest BCUT2D eigenvalue weighted by Gasteiger charge is 2.18. The molecule has 0 aromatic rings. The minimum atomic E-state index is 0.0559. The van der Waals surface area contributed by atoms with Crippen molar-refractivity contribution in [1.82, 2.24) is 5.32 Å². The monoisotopic (exact) mass is 337 g/mol. The lowest BCUT2D eigenvalue weighted by Gasteiger charge is -2.23. The first kappa shape index (κ1) is 21.2. The second-order valence-corrected chi connectivity index (χ2v) is 7.71. The van der Waals surface area contributed by atoms with Crippen molar-refractivity contribution in [2.75, 3.05) is 13.7 Å². The Hall–Kier alpha value is -0.830. The first-order valence-electron chi connectivity index (χ1n) is 10.0. The maximum absolute atomic E-state index is 12.3. The van der Waals surface area contributed by atoms with Crippen molar-refractivity contribution in [2.24, 2.45) is 11.8 Å². The molecule has 1 N–H and O–H groups in total. The van der Waals surface area contributed by atoms with Crippen LogP contribution in [0, 0.1) is 11.8 Å². The number of ether oxygens (including phenoxy) is 1. The minimum absolute atomic E-state index is 0.0559. The molecule has 0 aliphatic heterocycles. The summed E-state index contributed by atoms with van der Waals surface area (Å²) in [6, 6.07) is 0. The van der Waals surface area contributed by atoms with E-state index in [2.05, 4.69) is 32.2 Å². The van der Waals surface area contributed by atoms with Gasteiger partial charge in [0.15, 0.2) is 0 Å². The Kier molecular flexibility index (Phi) is 11.1. The van der Waals surface area contributed by atoms with E-state index in [9.17, 15) is 4.79 Å². The molecule has 1 aliphatic rings. The van der Waals surface area contributed by atoms with Gasteiger partial charge in [0.25, 0.3) is 0 Å². The maximum Gasteiger partial charge on any atom is 0.220 e. The molecule has 3 nitrogen and oxygen atoms in total. The Morgan fingerprint density at radius 2 is 2.00 bits per heavy atom. The maximum atomic E-state index is 12.3. The number of amides is 1. The second-order valence-electron chi connectivity index (χ2n) is 7.71. The number of rotatable bonds is 12. The number of carbonyl (C=O) groups is 1. The van der Waals surface area contributed by atoms with E-state index in [0.717, 1.165) is 25.2 Å². The quantitative estimate of drug-likeness (QED) is 0.390. The molecule has 1 unspecified atom stereocenters. The third-order valence-corrected chi connectivity index (χ3v) is 5.20. The molecule has 140 valence electrons. The number of allylic oxidation sites excluding steroid dienone is 1. The molecule has 1 amide bonds. The fraction of sp³-hybridized carbons (Fsp3) is 0.857. The Morgan fingerprint density at radius 3 is 2.58 bits per heavy atom. The van der Waals surface area contributed by atoms with Gasteiger partial charge >= 0.3 is 0 Å². The summed E-state index contributed by atoms with van der Waals surface area (Å²) in [7, 11) is 1.75. The van der Waals surface area contributed by atoms with Crippen LogP contribution < -0.4 is 5.32 Å². The SMILES string of the molecule is CCC(CCCCC(C)C)CC(=O)NC[C@H](OC)C1=CCCCC1. The molecule has 24 heavy (non-hydrogen) atoms. The van der Waals surface area contributed by atoms with E-state index in [4.69, 9.17) is 4.74 Å². The van der Waals surface area contributed by atoms with Crippen LogP contribution in [-0.2, 0) is 9.53 Å². The first-order chi connectivity index (χ1) is 11.6. The zero-order valence-electron chi connectivity index (χ0n) is 16.4. The smallest absolute Gasteiger partial charge is 0.220 e. The van der Waals surface area contributed by atoms with Crippen LogP contribution in [0.4, 0.5) is 0 Å². The molecule has 1 rings (SSSR count). The Balaban J connectivity index is 2.28. The summed E-state index contributed by atoms with van der Waals surface area (Å²) in [4.78, 5) is 12.3. The van der Waals surface area contributed by atoms with Gasteiger partial charge in [-0.05, 0) is 49.5 Å². The molecule has 0 fully saturated rings. The van der Waals surface area contributed by atoms with Gasteiger partial charge in [-0.2, -0.15) is 0 Å². The Labute approximate surface area is 149 Å². The van der Waals surface area contributed by atoms with Gasteiger partial charge < -0.3 is 10.1 Å². The second kappa shape index (κ2) is 12.5. The zero-order chi connectivity index (χ0) is 17.8. The number of unbranched alkanes of at least 4 members (excludes halogenated alkanes) is 1. The summed E-state index contributed by atoms with van der Waals surface area (Å²) in [6.07, 6.45) is 13.9. The Morgan fingerprint density at radius 1 is 1.25 bits per heavy atom. The van der Waals surface area contributed by atoms with Gasteiger partial charge in [0.1, 0.15) is 0 Å². The zero-order valence-corrected chi connectivity index (χ0v) is 16.4. The summed E-state index contributed by atoms with van der Waals surface area (Å²) in [5, 5.41) is 3.10. The molecule has 0 heterocycles. The molecule has 0 aromatic heterocycles. The third kappa shape index (κ3) is 8.86. The van der Waals surface area contributed by atoms with Crippen molar-refractivity contribution in [3.8, 4) is 0 Å². The van der Waals surface area contributed by atoms with E-state index in [0.29, 0.717) is 18.9 Å². The average Bonchev–Trinajstić information content (AvgIpc) is 2.58. The predicted octanol–water partition coefficient (Wildman–Crippen LogP) is 5.25. The van der Waals surface area contributed by atoms with Gasteiger partial charge in [-0.15, -0.1) is 0 Å². The molecule has 0 spiro atoms. The van der Waals surface area contributed by atoms with Crippen LogP contribution in [0.2, 0.25) is 0 Å². The van der Waals surface area contributed by atoms with Crippen LogP contribution in [-0.4, -0.2) is 25.7 Å². The van der Waals surface area contributed by atoms with Gasteiger partial charge in [-0.1, -0.05) is 52.5 Å². The largest absolute Gasteiger partial charge is 0.375 e. The number of carbonyl (C=O) groups excluding carboxylic acids is 1. The van der Waals surface area contributed by atoms with Crippen molar-refractivity contribution < 1.29 is 9.53 Å². The van der Waals surface area contributed by atoms with Crippen molar-refractivity contribution in [2.45, 2.75) is 91.1 Å². The molecule has 0 radical (unpaired) electrons. The van der Waals surface area contributed by atoms with Crippen molar-refractivity contribution in [1.29, 1.82) is 0 Å². The highest BCUT2D eigenvalue weighted by Crippen LogP contribution is 2.22. The number of hydrogen-bond donors (Lipinski definition) is 1. The summed E-state index contributed by atoms with van der Waals surface area (Å²) in [5.74, 6) is 1.49. The fourth-order valence-corrected chi connectivity index (χ4v) is 3.50. The van der Waals surface area contributed by atoms with Crippen molar-refractivity contribution >= 4 is 5.91 Å². The molecular weight excluding hydrogens is 298 g/mol. The molecule has 0 bridgehead atoms. The molecule has 0 saturated carbocycles. The fourth-order valence-electron chi connectivity index (χ4n) is 3.50. The van der Waals surface area contributed by atoms with Gasteiger partial charge in [0.2, 0.25) is 5.91 Å². The lowest BCUT2D eigenvalue weighted by atomic mass is 9.93. The Bertz CT molecular complexity index is 376. The number of hydrogen-bond acceptors (Lipinski definition) is 2. The van der Waals surface area contributed by atoms with E-state index >= 15 is 0 Å². The van der Waals surface area contributed by atoms with Gasteiger partial charge in [0, 0.05) is 20.1 Å².